The lowest BCUT2D eigenvalue weighted by molar-refractivity contribution is -0.145. The van der Waals surface area contributed by atoms with Gasteiger partial charge in [0.2, 0.25) is 5.95 Å². The van der Waals surface area contributed by atoms with Gasteiger partial charge in [0, 0.05) is 12.7 Å². The van der Waals surface area contributed by atoms with Gasteiger partial charge in [0.25, 0.3) is 5.56 Å². The topological polar surface area (TPSA) is 102 Å². The molecule has 11 heteroatoms. The van der Waals surface area contributed by atoms with Crippen molar-refractivity contribution in [2.24, 2.45) is 0 Å². The Labute approximate surface area is 169 Å². The first kappa shape index (κ1) is 20.1. The van der Waals surface area contributed by atoms with Crippen LogP contribution in [-0.4, -0.2) is 53.1 Å². The van der Waals surface area contributed by atoms with E-state index >= 15 is 0 Å². The maximum atomic E-state index is 12.6. The molecule has 9 nitrogen and oxygen atoms in total. The lowest BCUT2D eigenvalue weighted by Gasteiger charge is -2.18. The van der Waals surface area contributed by atoms with Gasteiger partial charge in [-0.25, -0.2) is 9.78 Å². The minimum Gasteiger partial charge on any atom is -0.467 e. The molecule has 1 N–H and O–H groups in total. The fraction of sp³-hybridized carbons (Fsp3) is 0.294. The molecular formula is C17H17Cl2N5O4. The minimum atomic E-state index is -0.472. The van der Waals surface area contributed by atoms with Gasteiger partial charge in [-0.1, -0.05) is 23.2 Å². The van der Waals surface area contributed by atoms with E-state index in [1.165, 1.54) is 18.0 Å². The maximum Gasteiger partial charge on any atom is 0.331 e. The number of aromatic amines is 1. The van der Waals surface area contributed by atoms with Gasteiger partial charge in [-0.2, -0.15) is 5.10 Å². The second-order valence-electron chi connectivity index (χ2n) is 5.78. The van der Waals surface area contributed by atoms with Crippen LogP contribution in [0.3, 0.4) is 0 Å². The summed E-state index contributed by atoms with van der Waals surface area (Å²) in [6, 6.07) is 5.11. The molecule has 2 aromatic heterocycles. The van der Waals surface area contributed by atoms with Crippen LogP contribution in [0.1, 0.15) is 0 Å². The summed E-state index contributed by atoms with van der Waals surface area (Å²) in [5.74, 6) is -0.141. The van der Waals surface area contributed by atoms with Crippen LogP contribution in [0.4, 0.5) is 11.6 Å². The molecule has 2 heterocycles. The van der Waals surface area contributed by atoms with E-state index in [0.29, 0.717) is 32.7 Å². The van der Waals surface area contributed by atoms with E-state index in [4.69, 9.17) is 27.9 Å². The van der Waals surface area contributed by atoms with E-state index in [2.05, 4.69) is 19.8 Å². The monoisotopic (exact) mass is 425 g/mol. The number of fused-ring (bicyclic) bond motifs is 1. The average molecular weight is 426 g/mol. The molecule has 0 unspecified atom stereocenters. The van der Waals surface area contributed by atoms with E-state index < -0.39 is 5.97 Å². The molecule has 0 radical (unpaired) electrons. The van der Waals surface area contributed by atoms with Crippen LogP contribution >= 0.6 is 23.2 Å². The second-order valence-corrected chi connectivity index (χ2v) is 6.59. The summed E-state index contributed by atoms with van der Waals surface area (Å²) in [6.45, 7) is 0.312. The van der Waals surface area contributed by atoms with Gasteiger partial charge in [0.05, 0.1) is 36.5 Å². The Kier molecular flexibility index (Phi) is 6.18. The van der Waals surface area contributed by atoms with Gasteiger partial charge in [0.1, 0.15) is 12.1 Å². The third kappa shape index (κ3) is 4.27. The summed E-state index contributed by atoms with van der Waals surface area (Å²) in [5, 5.41) is 5.01. The van der Waals surface area contributed by atoms with Crippen LogP contribution in [0.5, 0.6) is 0 Å². The van der Waals surface area contributed by atoms with Gasteiger partial charge in [-0.05, 0) is 18.2 Å². The molecule has 3 aromatic rings. The van der Waals surface area contributed by atoms with Crippen molar-refractivity contribution in [2.75, 3.05) is 32.3 Å². The molecule has 0 spiro atoms. The van der Waals surface area contributed by atoms with Crippen molar-refractivity contribution >= 4 is 51.8 Å². The maximum absolute atomic E-state index is 12.6. The number of hydrogen-bond donors (Lipinski definition) is 1. The lowest BCUT2D eigenvalue weighted by Crippen LogP contribution is -2.21. The Balaban J connectivity index is 1.81. The Morgan fingerprint density at radius 1 is 1.32 bits per heavy atom. The summed E-state index contributed by atoms with van der Waals surface area (Å²) in [5.41, 5.74) is 1.10. The van der Waals surface area contributed by atoms with Gasteiger partial charge in [0.15, 0.2) is 5.52 Å². The van der Waals surface area contributed by atoms with Crippen LogP contribution in [0.25, 0.3) is 11.0 Å². The van der Waals surface area contributed by atoms with Crippen LogP contribution < -0.4 is 10.5 Å². The van der Waals surface area contributed by atoms with E-state index in [1.54, 1.807) is 30.1 Å². The zero-order valence-electron chi connectivity index (χ0n) is 15.1. The van der Waals surface area contributed by atoms with Crippen LogP contribution in [0.15, 0.2) is 29.2 Å². The molecule has 0 saturated carbocycles. The van der Waals surface area contributed by atoms with E-state index in [9.17, 15) is 9.59 Å². The number of rotatable bonds is 7. The Morgan fingerprint density at radius 2 is 2.11 bits per heavy atom. The second kappa shape index (κ2) is 8.59. The molecule has 1 aromatic carbocycles. The highest BCUT2D eigenvalue weighted by molar-refractivity contribution is 6.42. The zero-order chi connectivity index (χ0) is 20.3. The fourth-order valence-electron chi connectivity index (χ4n) is 2.50. The number of benzene rings is 1. The Morgan fingerprint density at radius 3 is 2.82 bits per heavy atom. The smallest absolute Gasteiger partial charge is 0.331 e. The highest BCUT2D eigenvalue weighted by Gasteiger charge is 2.14. The number of esters is 1. The number of hydrogen-bond acceptors (Lipinski definition) is 7. The van der Waals surface area contributed by atoms with Crippen molar-refractivity contribution in [1.29, 1.82) is 0 Å². The number of halogens is 2. The summed E-state index contributed by atoms with van der Waals surface area (Å²) >= 11 is 12.0. The number of aromatic nitrogens is 4. The van der Waals surface area contributed by atoms with Gasteiger partial charge in [-0.3, -0.25) is 14.5 Å². The van der Waals surface area contributed by atoms with Crippen molar-refractivity contribution in [2.45, 2.75) is 6.54 Å². The SMILES string of the molecule is COC(=O)COCCn1ncc2nc(N(C)c3ccc(Cl)c(Cl)c3)[nH]c(=O)c21. The summed E-state index contributed by atoms with van der Waals surface area (Å²) < 4.78 is 11.2. The molecule has 0 aliphatic rings. The number of H-pyrrole nitrogens is 1. The molecule has 0 saturated heterocycles. The number of nitrogens with zero attached hydrogens (tertiary/aromatic N) is 4. The molecule has 0 fully saturated rings. The van der Waals surface area contributed by atoms with Gasteiger partial charge >= 0.3 is 5.97 Å². The minimum absolute atomic E-state index is 0.164. The molecular weight excluding hydrogens is 409 g/mol. The van der Waals surface area contributed by atoms with Crippen molar-refractivity contribution in [1.82, 2.24) is 19.7 Å². The first-order valence-electron chi connectivity index (χ1n) is 8.20. The lowest BCUT2D eigenvalue weighted by atomic mass is 10.3. The molecule has 148 valence electrons. The fourth-order valence-corrected chi connectivity index (χ4v) is 2.80. The average Bonchev–Trinajstić information content (AvgIpc) is 3.10. The number of ether oxygens (including phenoxy) is 2. The predicted octanol–water partition coefficient (Wildman–Crippen LogP) is 2.38. The molecule has 0 aliphatic carbocycles. The number of anilines is 2. The van der Waals surface area contributed by atoms with Crippen molar-refractivity contribution in [3.8, 4) is 0 Å². The normalized spacial score (nSPS) is 11.0. The zero-order valence-corrected chi connectivity index (χ0v) is 16.6. The first-order chi connectivity index (χ1) is 13.4. The summed E-state index contributed by atoms with van der Waals surface area (Å²) in [7, 11) is 3.03. The molecule has 3 rings (SSSR count). The third-order valence-electron chi connectivity index (χ3n) is 3.99. The molecule has 0 aliphatic heterocycles. The van der Waals surface area contributed by atoms with Crippen LogP contribution in [-0.2, 0) is 20.8 Å². The molecule has 28 heavy (non-hydrogen) atoms. The molecule has 0 bridgehead atoms. The van der Waals surface area contributed by atoms with E-state index in [-0.39, 0.29) is 25.3 Å². The standard InChI is InChI=1S/C17H17Cl2N5O4/c1-23(10-3-4-11(18)12(19)7-10)17-21-13-8-20-24(15(13)16(26)22-17)5-6-28-9-14(25)27-2/h3-4,7-8H,5-6,9H2,1-2H3,(H,21,22,26). The highest BCUT2D eigenvalue weighted by atomic mass is 35.5. The Bertz CT molecular complexity index is 1070. The van der Waals surface area contributed by atoms with Gasteiger partial charge in [-0.15, -0.1) is 0 Å². The van der Waals surface area contributed by atoms with Crippen LogP contribution in [0.2, 0.25) is 10.0 Å². The Hall–Kier alpha value is -2.62. The van der Waals surface area contributed by atoms with E-state index in [0.717, 1.165) is 0 Å². The number of methoxy groups -OCH3 is 1. The summed E-state index contributed by atoms with van der Waals surface area (Å²) in [4.78, 5) is 32.5. The van der Waals surface area contributed by atoms with Crippen molar-refractivity contribution < 1.29 is 14.3 Å². The highest BCUT2D eigenvalue weighted by Crippen LogP contribution is 2.29. The van der Waals surface area contributed by atoms with Gasteiger partial charge < -0.3 is 14.4 Å². The number of carbonyl (C=O) groups excluding carboxylic acids is 1. The predicted molar refractivity (Wildman–Crippen MR) is 106 cm³/mol. The largest absolute Gasteiger partial charge is 0.467 e. The van der Waals surface area contributed by atoms with Crippen molar-refractivity contribution in [3.63, 3.8) is 0 Å². The van der Waals surface area contributed by atoms with Crippen molar-refractivity contribution in [3.05, 3.63) is 44.8 Å². The molecule has 0 atom stereocenters. The van der Waals surface area contributed by atoms with E-state index in [1.807, 2.05) is 0 Å². The number of carbonyl (C=O) groups is 1. The third-order valence-corrected chi connectivity index (χ3v) is 4.73. The quantitative estimate of drug-likeness (QED) is 0.457. The summed E-state index contributed by atoms with van der Waals surface area (Å²) in [6.07, 6.45) is 1.50. The number of nitrogens with one attached hydrogen (secondary N) is 1. The molecule has 0 amide bonds. The first-order valence-corrected chi connectivity index (χ1v) is 8.95. The van der Waals surface area contributed by atoms with Crippen LogP contribution in [0, 0.1) is 0 Å².